The maximum Gasteiger partial charge on any atom is 0.373 e. The molecule has 0 fully saturated rings. The van der Waals surface area contributed by atoms with E-state index in [4.69, 9.17) is 9.15 Å². The minimum absolute atomic E-state index is 0.195. The number of aromatic nitrogens is 1. The fourth-order valence-corrected chi connectivity index (χ4v) is 3.81. The summed E-state index contributed by atoms with van der Waals surface area (Å²) in [5.74, 6) is 0.383. The molecule has 0 spiro atoms. The van der Waals surface area contributed by atoms with Crippen molar-refractivity contribution in [1.82, 2.24) is 4.57 Å². The fourth-order valence-electron chi connectivity index (χ4n) is 3.81. The second-order valence-corrected chi connectivity index (χ2v) is 7.78. The molecule has 0 aliphatic carbocycles. The Morgan fingerprint density at radius 3 is 2.47 bits per heavy atom. The topological polar surface area (TPSA) is 68.8 Å². The number of para-hydroxylation sites is 2. The van der Waals surface area contributed by atoms with E-state index in [1.54, 1.807) is 12.1 Å². The number of nitrogens with one attached hydrogen (secondary N) is 1. The van der Waals surface area contributed by atoms with Gasteiger partial charge < -0.3 is 19.0 Å². The van der Waals surface area contributed by atoms with E-state index in [1.165, 1.54) is 7.11 Å². The van der Waals surface area contributed by atoms with Crippen molar-refractivity contribution in [2.24, 2.45) is 4.99 Å². The fraction of sp³-hybridized carbons (Fsp3) is 0.0714. The lowest BCUT2D eigenvalue weighted by Gasteiger charge is -2.05. The van der Waals surface area contributed by atoms with Crippen LogP contribution in [0.2, 0.25) is 0 Å². The van der Waals surface area contributed by atoms with Gasteiger partial charge in [0.05, 0.1) is 19.3 Å². The molecule has 1 N–H and O–H groups in total. The highest BCUT2D eigenvalue weighted by Crippen LogP contribution is 2.24. The number of fused-ring (bicyclic) bond motifs is 1. The lowest BCUT2D eigenvalue weighted by atomic mass is 10.2. The molecule has 6 nitrogen and oxygen atoms in total. The van der Waals surface area contributed by atoms with Gasteiger partial charge in [0.2, 0.25) is 5.76 Å². The number of aliphatic imine (C=N–C) groups is 1. The van der Waals surface area contributed by atoms with Gasteiger partial charge in [-0.1, -0.05) is 36.4 Å². The van der Waals surface area contributed by atoms with Crippen molar-refractivity contribution in [3.63, 3.8) is 0 Å². The number of rotatable bonds is 7. The number of esters is 1. The number of anilines is 2. The largest absolute Gasteiger partial charge is 0.463 e. The van der Waals surface area contributed by atoms with Crippen molar-refractivity contribution >= 4 is 40.1 Å². The van der Waals surface area contributed by atoms with E-state index in [2.05, 4.69) is 27.0 Å². The summed E-state index contributed by atoms with van der Waals surface area (Å²) in [6.45, 7) is 0.491. The number of furan rings is 1. The molecule has 2 aromatic heterocycles. The number of methoxy groups -OCH3 is 1. The molecule has 5 rings (SSSR count). The Balaban J connectivity index is 1.36. The van der Waals surface area contributed by atoms with Gasteiger partial charge in [-0.15, -0.1) is 0 Å². The van der Waals surface area contributed by atoms with Gasteiger partial charge in [-0.05, 0) is 54.6 Å². The molecule has 34 heavy (non-hydrogen) atoms. The van der Waals surface area contributed by atoms with Crippen LogP contribution >= 0.6 is 0 Å². The average molecular weight is 450 g/mol. The molecule has 6 heteroatoms. The van der Waals surface area contributed by atoms with Gasteiger partial charge in [-0.3, -0.25) is 4.99 Å². The van der Waals surface area contributed by atoms with Crippen molar-refractivity contribution < 1.29 is 13.9 Å². The van der Waals surface area contributed by atoms with E-state index in [0.717, 1.165) is 33.5 Å². The third-order valence-corrected chi connectivity index (χ3v) is 5.48. The van der Waals surface area contributed by atoms with E-state index >= 15 is 0 Å². The lowest BCUT2D eigenvalue weighted by Crippen LogP contribution is -1.99. The molecule has 3 aromatic carbocycles. The molecule has 0 saturated heterocycles. The van der Waals surface area contributed by atoms with E-state index in [0.29, 0.717) is 12.3 Å². The number of hydrogen-bond acceptors (Lipinski definition) is 5. The van der Waals surface area contributed by atoms with E-state index < -0.39 is 5.97 Å². The standard InChI is InChI=1S/C28H23N3O3/c1-33-28(32)27-16-15-24(34-27)19-31-18-20(25-9-5-6-10-26(25)31)17-29-21-11-13-23(14-12-21)30-22-7-3-2-4-8-22/h2-18,30H,19H2,1H3. The van der Waals surface area contributed by atoms with Crippen molar-refractivity contribution in [2.75, 3.05) is 12.4 Å². The van der Waals surface area contributed by atoms with Crippen LogP contribution in [0.15, 0.2) is 107 Å². The lowest BCUT2D eigenvalue weighted by molar-refractivity contribution is 0.0563. The van der Waals surface area contributed by atoms with Crippen LogP contribution in [0, 0.1) is 0 Å². The first-order valence-corrected chi connectivity index (χ1v) is 10.9. The summed E-state index contributed by atoms with van der Waals surface area (Å²) in [4.78, 5) is 16.4. The van der Waals surface area contributed by atoms with E-state index in [1.807, 2.05) is 79.1 Å². The maximum atomic E-state index is 11.7. The summed E-state index contributed by atoms with van der Waals surface area (Å²) >= 11 is 0. The monoisotopic (exact) mass is 449 g/mol. The van der Waals surface area contributed by atoms with Crippen LogP contribution in [0.3, 0.4) is 0 Å². The Bertz CT molecular complexity index is 1450. The summed E-state index contributed by atoms with van der Waals surface area (Å²) in [5.41, 5.74) is 4.97. The summed E-state index contributed by atoms with van der Waals surface area (Å²) in [6.07, 6.45) is 3.92. The SMILES string of the molecule is COC(=O)c1ccc(Cn2cc(C=Nc3ccc(Nc4ccccc4)cc3)c3ccccc32)o1. The van der Waals surface area contributed by atoms with Gasteiger partial charge in [0.1, 0.15) is 5.76 Å². The predicted molar refractivity (Wildman–Crippen MR) is 135 cm³/mol. The number of ether oxygens (including phenoxy) is 1. The molecule has 0 atom stereocenters. The zero-order valence-corrected chi connectivity index (χ0v) is 18.6. The molecule has 0 saturated carbocycles. The van der Waals surface area contributed by atoms with E-state index in [-0.39, 0.29) is 5.76 Å². The second kappa shape index (κ2) is 9.50. The molecule has 0 amide bonds. The van der Waals surface area contributed by atoms with Crippen molar-refractivity contribution in [3.05, 3.63) is 114 Å². The third-order valence-electron chi connectivity index (χ3n) is 5.48. The van der Waals surface area contributed by atoms with Crippen LogP contribution in [0.1, 0.15) is 21.9 Å². The summed E-state index contributed by atoms with van der Waals surface area (Å²) in [5, 5.41) is 4.47. The molecule has 0 bridgehead atoms. The molecule has 2 heterocycles. The molecule has 0 aliphatic heterocycles. The van der Waals surface area contributed by atoms with Crippen LogP contribution < -0.4 is 5.32 Å². The number of hydrogen-bond donors (Lipinski definition) is 1. The van der Waals surface area contributed by atoms with Crippen molar-refractivity contribution in [1.29, 1.82) is 0 Å². The van der Waals surface area contributed by atoms with Crippen molar-refractivity contribution in [3.8, 4) is 0 Å². The molecule has 0 unspecified atom stereocenters. The highest BCUT2D eigenvalue weighted by atomic mass is 16.5. The maximum absolute atomic E-state index is 11.7. The normalized spacial score (nSPS) is 11.2. The van der Waals surface area contributed by atoms with Crippen LogP contribution in [0.25, 0.3) is 10.9 Å². The quantitative estimate of drug-likeness (QED) is 0.226. The van der Waals surface area contributed by atoms with Gasteiger partial charge in [0.25, 0.3) is 0 Å². The Morgan fingerprint density at radius 1 is 0.941 bits per heavy atom. The Morgan fingerprint density at radius 2 is 1.68 bits per heavy atom. The number of nitrogens with zero attached hydrogens (tertiary/aromatic N) is 2. The van der Waals surface area contributed by atoms with Crippen LogP contribution in [0.4, 0.5) is 17.1 Å². The highest BCUT2D eigenvalue weighted by Gasteiger charge is 2.13. The van der Waals surface area contributed by atoms with E-state index in [9.17, 15) is 4.79 Å². The molecular weight excluding hydrogens is 426 g/mol. The first-order valence-electron chi connectivity index (χ1n) is 10.9. The summed E-state index contributed by atoms with van der Waals surface area (Å²) < 4.78 is 12.5. The van der Waals surface area contributed by atoms with Gasteiger partial charge in [0, 0.05) is 40.3 Å². The van der Waals surface area contributed by atoms with Crippen LogP contribution in [-0.4, -0.2) is 23.9 Å². The molecular formula is C28H23N3O3. The Labute approximate surface area is 197 Å². The Hall–Kier alpha value is -4.58. The van der Waals surface area contributed by atoms with Gasteiger partial charge in [0.15, 0.2) is 0 Å². The van der Waals surface area contributed by atoms with Gasteiger partial charge >= 0.3 is 5.97 Å². The molecule has 0 radical (unpaired) electrons. The minimum Gasteiger partial charge on any atom is -0.463 e. The average Bonchev–Trinajstić information content (AvgIpc) is 3.49. The number of benzene rings is 3. The van der Waals surface area contributed by atoms with Crippen LogP contribution in [-0.2, 0) is 11.3 Å². The smallest absolute Gasteiger partial charge is 0.373 e. The third kappa shape index (κ3) is 4.61. The molecule has 0 aliphatic rings. The minimum atomic E-state index is -0.485. The first-order chi connectivity index (χ1) is 16.7. The second-order valence-electron chi connectivity index (χ2n) is 7.78. The number of carbonyl (C=O) groups is 1. The Kier molecular flexibility index (Phi) is 5.95. The van der Waals surface area contributed by atoms with Gasteiger partial charge in [-0.2, -0.15) is 0 Å². The first kappa shape index (κ1) is 21.3. The summed E-state index contributed by atoms with van der Waals surface area (Å²) in [7, 11) is 1.34. The summed E-state index contributed by atoms with van der Waals surface area (Å²) in [6, 6.07) is 29.6. The zero-order chi connectivity index (χ0) is 23.3. The predicted octanol–water partition coefficient (Wildman–Crippen LogP) is 6.56. The van der Waals surface area contributed by atoms with Gasteiger partial charge in [-0.25, -0.2) is 4.79 Å². The van der Waals surface area contributed by atoms with Crippen molar-refractivity contribution in [2.45, 2.75) is 6.54 Å². The molecule has 168 valence electrons. The highest BCUT2D eigenvalue weighted by molar-refractivity contribution is 6.00. The molecule has 5 aromatic rings. The zero-order valence-electron chi connectivity index (χ0n) is 18.6. The number of carbonyl (C=O) groups excluding carboxylic acids is 1. The van der Waals surface area contributed by atoms with Crippen LogP contribution in [0.5, 0.6) is 0 Å².